The van der Waals surface area contributed by atoms with E-state index in [1.54, 1.807) is 6.92 Å². The van der Waals surface area contributed by atoms with E-state index in [4.69, 9.17) is 5.41 Å². The van der Waals surface area contributed by atoms with Crippen LogP contribution >= 0.6 is 0 Å². The van der Waals surface area contributed by atoms with E-state index >= 15 is 0 Å². The first-order valence-corrected chi connectivity index (χ1v) is 8.88. The van der Waals surface area contributed by atoms with Gasteiger partial charge in [0.05, 0.1) is 0 Å². The molecule has 1 rings (SSSR count). The zero-order chi connectivity index (χ0) is 20.2. The number of benzene rings is 1. The van der Waals surface area contributed by atoms with E-state index in [0.717, 1.165) is 6.07 Å². The maximum atomic E-state index is 12.7. The van der Waals surface area contributed by atoms with Crippen LogP contribution in [-0.2, 0) is 12.8 Å². The summed E-state index contributed by atoms with van der Waals surface area (Å²) in [7, 11) is 0. The van der Waals surface area contributed by atoms with Gasteiger partial charge in [0.15, 0.2) is 0 Å². The summed E-state index contributed by atoms with van der Waals surface area (Å²) in [4.78, 5) is 0. The van der Waals surface area contributed by atoms with E-state index in [2.05, 4.69) is 13.8 Å². The van der Waals surface area contributed by atoms with Gasteiger partial charge in [0.1, 0.15) is 17.2 Å². The number of phenols is 2. The quantitative estimate of drug-likeness (QED) is 0.532. The highest BCUT2D eigenvalue weighted by molar-refractivity contribution is 6.05. The van der Waals surface area contributed by atoms with Crippen LogP contribution in [0.4, 0.5) is 13.2 Å². The van der Waals surface area contributed by atoms with Crippen molar-refractivity contribution < 1.29 is 23.4 Å². The molecule has 0 atom stereocenters. The number of aryl methyl sites for hydroxylation is 1. The summed E-state index contributed by atoms with van der Waals surface area (Å²) in [5.74, 6) is -0.809. The highest BCUT2D eigenvalue weighted by Gasteiger charge is 2.37. The lowest BCUT2D eigenvalue weighted by Gasteiger charge is -2.17. The molecule has 1 aromatic carbocycles. The number of alkyl halides is 3. The largest absolute Gasteiger partial charge is 0.507 e. The Morgan fingerprint density at radius 2 is 1.40 bits per heavy atom. The van der Waals surface area contributed by atoms with Crippen molar-refractivity contribution >= 4 is 5.71 Å². The Balaban J connectivity index is 0. The minimum Gasteiger partial charge on any atom is -0.507 e. The van der Waals surface area contributed by atoms with Gasteiger partial charge in [0, 0.05) is 11.1 Å². The minimum absolute atomic E-state index is 0.0856. The lowest BCUT2D eigenvalue weighted by Crippen LogP contribution is -2.23. The molecule has 0 aromatic heterocycles. The van der Waals surface area contributed by atoms with E-state index in [1.807, 2.05) is 20.8 Å². The molecule has 0 spiro atoms. The van der Waals surface area contributed by atoms with Crippen molar-refractivity contribution in [3.63, 3.8) is 0 Å². The second-order valence-corrected chi connectivity index (χ2v) is 5.34. The van der Waals surface area contributed by atoms with Crippen LogP contribution in [0.2, 0.25) is 0 Å². The highest BCUT2D eigenvalue weighted by atomic mass is 19.4. The van der Waals surface area contributed by atoms with Crippen LogP contribution in [0.25, 0.3) is 0 Å². The number of aromatic hydroxyl groups is 2. The molecule has 0 unspecified atom stereocenters. The van der Waals surface area contributed by atoms with Crippen molar-refractivity contribution in [3.05, 3.63) is 22.8 Å². The SMILES string of the molecule is CC.CCC.CCCc1cc(C(=N)C(F)(F)F)c(O)c(CCC)c1O. The van der Waals surface area contributed by atoms with Gasteiger partial charge in [-0.15, -0.1) is 0 Å². The van der Waals surface area contributed by atoms with Gasteiger partial charge in [0.25, 0.3) is 0 Å². The molecule has 0 radical (unpaired) electrons. The van der Waals surface area contributed by atoms with Crippen molar-refractivity contribution in [3.8, 4) is 11.5 Å². The zero-order valence-corrected chi connectivity index (χ0v) is 16.1. The number of halogens is 3. The molecule has 0 fully saturated rings. The maximum Gasteiger partial charge on any atom is 0.433 e. The Morgan fingerprint density at radius 1 is 0.960 bits per heavy atom. The Kier molecular flexibility index (Phi) is 12.9. The van der Waals surface area contributed by atoms with Crippen LogP contribution in [0.15, 0.2) is 6.07 Å². The molecule has 0 aliphatic heterocycles. The van der Waals surface area contributed by atoms with Crippen LogP contribution < -0.4 is 0 Å². The Hall–Kier alpha value is -1.72. The van der Waals surface area contributed by atoms with E-state index < -0.39 is 23.2 Å². The van der Waals surface area contributed by atoms with Crippen LogP contribution in [0, 0.1) is 5.41 Å². The first-order chi connectivity index (χ1) is 11.6. The third-order valence-electron chi connectivity index (χ3n) is 3.02. The summed E-state index contributed by atoms with van der Waals surface area (Å²) in [5, 5.41) is 27.1. The van der Waals surface area contributed by atoms with Gasteiger partial charge in [0.2, 0.25) is 0 Å². The predicted octanol–water partition coefficient (Wildman–Crippen LogP) is 6.38. The molecule has 6 heteroatoms. The molecule has 146 valence electrons. The van der Waals surface area contributed by atoms with E-state index in [1.165, 1.54) is 6.42 Å². The van der Waals surface area contributed by atoms with Gasteiger partial charge < -0.3 is 10.2 Å². The van der Waals surface area contributed by atoms with E-state index in [9.17, 15) is 23.4 Å². The predicted molar refractivity (Wildman–Crippen MR) is 98.0 cm³/mol. The van der Waals surface area contributed by atoms with Gasteiger partial charge in [-0.1, -0.05) is 60.8 Å². The fourth-order valence-corrected chi connectivity index (χ4v) is 2.07. The van der Waals surface area contributed by atoms with Crippen molar-refractivity contribution in [1.82, 2.24) is 0 Å². The minimum atomic E-state index is -4.83. The Morgan fingerprint density at radius 3 is 1.76 bits per heavy atom. The third kappa shape index (κ3) is 7.80. The normalized spacial score (nSPS) is 10.3. The van der Waals surface area contributed by atoms with Gasteiger partial charge in [-0.25, -0.2) is 0 Å². The van der Waals surface area contributed by atoms with E-state index in [-0.39, 0.29) is 17.7 Å². The summed E-state index contributed by atoms with van der Waals surface area (Å²) in [6.07, 6.45) is -1.73. The zero-order valence-electron chi connectivity index (χ0n) is 16.1. The van der Waals surface area contributed by atoms with Gasteiger partial charge in [-0.3, -0.25) is 5.41 Å². The summed E-state index contributed by atoms with van der Waals surface area (Å²) < 4.78 is 38.0. The summed E-state index contributed by atoms with van der Waals surface area (Å²) in [6, 6.07) is 1.06. The molecule has 3 N–H and O–H groups in total. The smallest absolute Gasteiger partial charge is 0.433 e. The molecular formula is C19H32F3NO2. The fourth-order valence-electron chi connectivity index (χ4n) is 2.07. The molecule has 0 aliphatic rings. The maximum absolute atomic E-state index is 12.7. The summed E-state index contributed by atoms with van der Waals surface area (Å²) in [5.41, 5.74) is -1.74. The van der Waals surface area contributed by atoms with Crippen LogP contribution in [0.5, 0.6) is 11.5 Å². The molecule has 0 saturated heterocycles. The average Bonchev–Trinajstić information content (AvgIpc) is 2.55. The molecule has 0 heterocycles. The number of phenolic OH excluding ortho intramolecular Hbond substituents is 2. The van der Waals surface area contributed by atoms with Crippen molar-refractivity contribution in [2.45, 2.75) is 79.8 Å². The highest BCUT2D eigenvalue weighted by Crippen LogP contribution is 2.38. The van der Waals surface area contributed by atoms with Crippen molar-refractivity contribution in [1.29, 1.82) is 5.41 Å². The van der Waals surface area contributed by atoms with Crippen molar-refractivity contribution in [2.75, 3.05) is 0 Å². The molecule has 0 amide bonds. The average molecular weight is 363 g/mol. The van der Waals surface area contributed by atoms with Gasteiger partial charge in [-0.2, -0.15) is 13.2 Å². The standard InChI is InChI=1S/C14H18F3NO2.C3H8.C2H6/c1-3-5-8-7-10(13(18)14(15,16)17)12(20)9(6-4-2)11(8)19;1-3-2;1-2/h7,18-20H,3-6H2,1-2H3;3H2,1-2H3;1-2H3. The Bertz CT molecular complexity index is 526. The number of hydrogen-bond donors (Lipinski definition) is 3. The van der Waals surface area contributed by atoms with Crippen LogP contribution in [0.1, 0.15) is 77.5 Å². The number of nitrogens with one attached hydrogen (secondary N) is 1. The van der Waals surface area contributed by atoms with Crippen LogP contribution in [0.3, 0.4) is 0 Å². The fraction of sp³-hybridized carbons (Fsp3) is 0.632. The number of rotatable bonds is 5. The van der Waals surface area contributed by atoms with Crippen molar-refractivity contribution in [2.24, 2.45) is 0 Å². The Labute approximate surface area is 149 Å². The second kappa shape index (κ2) is 12.6. The lowest BCUT2D eigenvalue weighted by molar-refractivity contribution is -0.0588. The molecular weight excluding hydrogens is 331 g/mol. The molecule has 3 nitrogen and oxygen atoms in total. The molecule has 1 aromatic rings. The topological polar surface area (TPSA) is 64.3 Å². The monoisotopic (exact) mass is 363 g/mol. The van der Waals surface area contributed by atoms with E-state index in [0.29, 0.717) is 24.8 Å². The lowest BCUT2D eigenvalue weighted by atomic mass is 9.94. The third-order valence-corrected chi connectivity index (χ3v) is 3.02. The second-order valence-electron chi connectivity index (χ2n) is 5.34. The summed E-state index contributed by atoms with van der Waals surface area (Å²) >= 11 is 0. The molecule has 25 heavy (non-hydrogen) atoms. The first-order valence-electron chi connectivity index (χ1n) is 8.88. The summed E-state index contributed by atoms with van der Waals surface area (Å²) in [6.45, 7) is 11.9. The van der Waals surface area contributed by atoms with Gasteiger partial charge >= 0.3 is 6.18 Å². The first kappa shape index (κ1) is 25.5. The number of hydrogen-bond acceptors (Lipinski definition) is 3. The molecule has 0 saturated carbocycles. The van der Waals surface area contributed by atoms with Gasteiger partial charge in [-0.05, 0) is 24.5 Å². The molecule has 0 aliphatic carbocycles. The van der Waals surface area contributed by atoms with Crippen LogP contribution in [-0.4, -0.2) is 22.1 Å². The molecule has 0 bridgehead atoms.